The van der Waals surface area contributed by atoms with Gasteiger partial charge in [-0.15, -0.1) is 0 Å². The molecule has 0 atom stereocenters. The molecule has 1 saturated carbocycles. The summed E-state index contributed by atoms with van der Waals surface area (Å²) in [5, 5.41) is 4.06. The number of rotatable bonds is 5. The van der Waals surface area contributed by atoms with Crippen molar-refractivity contribution in [3.8, 4) is 0 Å². The van der Waals surface area contributed by atoms with E-state index in [1.807, 2.05) is 24.3 Å². The summed E-state index contributed by atoms with van der Waals surface area (Å²) in [5.41, 5.74) is 1.75. The molecule has 2 aromatic rings. The lowest BCUT2D eigenvalue weighted by atomic mass is 10.2. The number of benzene rings is 1. The standard InChI is InChI=1S/C15H17N3O/c1-11(8-16-12-6-7-12)9-18-10-17-14-5-3-2-4-13(14)15(18)19/h2-5,10,12,16H,1,6-9H2. The van der Waals surface area contributed by atoms with Gasteiger partial charge in [0.15, 0.2) is 0 Å². The Labute approximate surface area is 111 Å². The Morgan fingerprint density at radius 1 is 1.42 bits per heavy atom. The van der Waals surface area contributed by atoms with Crippen molar-refractivity contribution < 1.29 is 0 Å². The van der Waals surface area contributed by atoms with Gasteiger partial charge in [0.2, 0.25) is 0 Å². The molecule has 1 fully saturated rings. The Balaban J connectivity index is 1.78. The zero-order valence-electron chi connectivity index (χ0n) is 10.8. The van der Waals surface area contributed by atoms with Crippen molar-refractivity contribution in [1.29, 1.82) is 0 Å². The summed E-state index contributed by atoms with van der Waals surface area (Å²) in [6.45, 7) is 5.31. The molecule has 0 spiro atoms. The zero-order valence-corrected chi connectivity index (χ0v) is 10.8. The Bertz CT molecular complexity index is 670. The molecule has 0 aliphatic heterocycles. The van der Waals surface area contributed by atoms with E-state index in [0.29, 0.717) is 18.0 Å². The van der Waals surface area contributed by atoms with Crippen LogP contribution in [0.25, 0.3) is 10.9 Å². The third kappa shape index (κ3) is 2.74. The van der Waals surface area contributed by atoms with E-state index in [1.165, 1.54) is 12.8 Å². The Hall–Kier alpha value is -1.94. The van der Waals surface area contributed by atoms with E-state index >= 15 is 0 Å². The number of nitrogens with one attached hydrogen (secondary N) is 1. The molecule has 1 heterocycles. The van der Waals surface area contributed by atoms with Gasteiger partial charge in [-0.2, -0.15) is 0 Å². The lowest BCUT2D eigenvalue weighted by Gasteiger charge is -2.09. The highest BCUT2D eigenvalue weighted by atomic mass is 16.1. The lowest BCUT2D eigenvalue weighted by Crippen LogP contribution is -2.25. The number of hydrogen-bond donors (Lipinski definition) is 1. The first-order valence-corrected chi connectivity index (χ1v) is 6.58. The summed E-state index contributed by atoms with van der Waals surface area (Å²) >= 11 is 0. The molecule has 1 aliphatic carbocycles. The summed E-state index contributed by atoms with van der Waals surface area (Å²) in [6.07, 6.45) is 4.11. The van der Waals surface area contributed by atoms with Crippen LogP contribution in [0, 0.1) is 0 Å². The van der Waals surface area contributed by atoms with Gasteiger partial charge in [-0.05, 0) is 30.5 Å². The Morgan fingerprint density at radius 2 is 2.21 bits per heavy atom. The molecular weight excluding hydrogens is 238 g/mol. The quantitative estimate of drug-likeness (QED) is 0.827. The van der Waals surface area contributed by atoms with Crippen LogP contribution in [0.3, 0.4) is 0 Å². The second-order valence-electron chi connectivity index (χ2n) is 5.10. The highest BCUT2D eigenvalue weighted by Crippen LogP contribution is 2.18. The molecule has 0 amide bonds. The number of hydrogen-bond acceptors (Lipinski definition) is 3. The molecule has 98 valence electrons. The smallest absolute Gasteiger partial charge is 0.261 e. The molecule has 19 heavy (non-hydrogen) atoms. The number of fused-ring (bicyclic) bond motifs is 1. The molecule has 1 N–H and O–H groups in total. The average molecular weight is 255 g/mol. The van der Waals surface area contributed by atoms with E-state index in [4.69, 9.17) is 0 Å². The van der Waals surface area contributed by atoms with Crippen molar-refractivity contribution in [3.05, 3.63) is 53.1 Å². The molecule has 4 nitrogen and oxygen atoms in total. The first kappa shape index (κ1) is 12.1. The first-order chi connectivity index (χ1) is 9.24. The van der Waals surface area contributed by atoms with Gasteiger partial charge in [0.05, 0.1) is 17.2 Å². The van der Waals surface area contributed by atoms with Crippen LogP contribution in [-0.4, -0.2) is 22.1 Å². The minimum Gasteiger partial charge on any atom is -0.310 e. The van der Waals surface area contributed by atoms with Crippen LogP contribution in [0.1, 0.15) is 12.8 Å². The molecule has 1 aromatic heterocycles. The van der Waals surface area contributed by atoms with E-state index < -0.39 is 0 Å². The van der Waals surface area contributed by atoms with E-state index in [-0.39, 0.29) is 5.56 Å². The predicted octanol–water partition coefficient (Wildman–Crippen LogP) is 1.70. The lowest BCUT2D eigenvalue weighted by molar-refractivity contribution is 0.666. The van der Waals surface area contributed by atoms with Gasteiger partial charge in [-0.3, -0.25) is 9.36 Å². The van der Waals surface area contributed by atoms with Crippen LogP contribution in [0.2, 0.25) is 0 Å². The maximum atomic E-state index is 12.3. The zero-order chi connectivity index (χ0) is 13.2. The predicted molar refractivity (Wildman–Crippen MR) is 76.2 cm³/mol. The molecule has 0 unspecified atom stereocenters. The number of nitrogens with zero attached hydrogens (tertiary/aromatic N) is 2. The van der Waals surface area contributed by atoms with Crippen molar-refractivity contribution in [1.82, 2.24) is 14.9 Å². The number of aromatic nitrogens is 2. The SMILES string of the molecule is C=C(CNC1CC1)Cn1cnc2ccccc2c1=O. The monoisotopic (exact) mass is 255 g/mol. The molecule has 3 rings (SSSR count). The van der Waals surface area contributed by atoms with Crippen molar-refractivity contribution in [2.75, 3.05) is 6.54 Å². The minimum absolute atomic E-state index is 0.00169. The topological polar surface area (TPSA) is 46.9 Å². The van der Waals surface area contributed by atoms with Gasteiger partial charge < -0.3 is 5.32 Å². The molecule has 0 radical (unpaired) electrons. The molecule has 0 bridgehead atoms. The number of para-hydroxylation sites is 1. The largest absolute Gasteiger partial charge is 0.310 e. The van der Waals surface area contributed by atoms with Gasteiger partial charge in [-0.25, -0.2) is 4.98 Å². The second-order valence-corrected chi connectivity index (χ2v) is 5.10. The van der Waals surface area contributed by atoms with Crippen molar-refractivity contribution in [3.63, 3.8) is 0 Å². The van der Waals surface area contributed by atoms with Crippen molar-refractivity contribution >= 4 is 10.9 Å². The van der Waals surface area contributed by atoms with E-state index in [1.54, 1.807) is 10.9 Å². The Morgan fingerprint density at radius 3 is 3.00 bits per heavy atom. The van der Waals surface area contributed by atoms with Gasteiger partial charge >= 0.3 is 0 Å². The van der Waals surface area contributed by atoms with Crippen molar-refractivity contribution in [2.24, 2.45) is 0 Å². The maximum Gasteiger partial charge on any atom is 0.261 e. The van der Waals surface area contributed by atoms with Gasteiger partial charge in [0, 0.05) is 19.1 Å². The van der Waals surface area contributed by atoms with Crippen LogP contribution in [0.15, 0.2) is 47.5 Å². The third-order valence-corrected chi connectivity index (χ3v) is 3.34. The molecule has 1 aromatic carbocycles. The highest BCUT2D eigenvalue weighted by Gasteiger charge is 2.20. The minimum atomic E-state index is -0.00169. The van der Waals surface area contributed by atoms with Crippen molar-refractivity contribution in [2.45, 2.75) is 25.4 Å². The Kier molecular flexibility index (Phi) is 3.17. The van der Waals surface area contributed by atoms with Gasteiger partial charge in [0.25, 0.3) is 5.56 Å². The van der Waals surface area contributed by atoms with E-state index in [9.17, 15) is 4.79 Å². The summed E-state index contributed by atoms with van der Waals surface area (Å²) in [5.74, 6) is 0. The molecular formula is C15H17N3O. The fourth-order valence-corrected chi connectivity index (χ4v) is 2.09. The van der Waals surface area contributed by atoms with Gasteiger partial charge in [0.1, 0.15) is 0 Å². The highest BCUT2D eigenvalue weighted by molar-refractivity contribution is 5.76. The molecule has 4 heteroatoms. The second kappa shape index (κ2) is 4.97. The molecule has 1 aliphatic rings. The van der Waals surface area contributed by atoms with Gasteiger partial charge in [-0.1, -0.05) is 18.7 Å². The summed E-state index contributed by atoms with van der Waals surface area (Å²) in [7, 11) is 0. The summed E-state index contributed by atoms with van der Waals surface area (Å²) in [4.78, 5) is 16.6. The fourth-order valence-electron chi connectivity index (χ4n) is 2.09. The maximum absolute atomic E-state index is 12.3. The van der Waals surface area contributed by atoms with E-state index in [2.05, 4.69) is 16.9 Å². The van der Waals surface area contributed by atoms with Crippen LogP contribution in [0.5, 0.6) is 0 Å². The summed E-state index contributed by atoms with van der Waals surface area (Å²) in [6, 6.07) is 8.07. The van der Waals surface area contributed by atoms with E-state index in [0.717, 1.165) is 17.6 Å². The van der Waals surface area contributed by atoms with Crippen LogP contribution in [0.4, 0.5) is 0 Å². The van der Waals surface area contributed by atoms with Crippen LogP contribution in [-0.2, 0) is 6.54 Å². The third-order valence-electron chi connectivity index (χ3n) is 3.34. The summed E-state index contributed by atoms with van der Waals surface area (Å²) < 4.78 is 1.62. The van der Waals surface area contributed by atoms with Crippen LogP contribution < -0.4 is 10.9 Å². The average Bonchev–Trinajstić information content (AvgIpc) is 3.24. The normalized spacial score (nSPS) is 14.7. The fraction of sp³-hybridized carbons (Fsp3) is 0.333. The first-order valence-electron chi connectivity index (χ1n) is 6.58. The molecule has 0 saturated heterocycles. The van der Waals surface area contributed by atoms with Crippen LogP contribution >= 0.6 is 0 Å².